The van der Waals surface area contributed by atoms with Crippen molar-refractivity contribution in [3.8, 4) is 0 Å². The van der Waals surface area contributed by atoms with E-state index < -0.39 is 6.04 Å². The van der Waals surface area contributed by atoms with E-state index in [0.29, 0.717) is 0 Å². The monoisotopic (exact) mass is 259 g/mol. The quantitative estimate of drug-likeness (QED) is 0.849. The molecule has 1 amide bonds. The molecule has 0 bridgehead atoms. The normalized spacial score (nSPS) is 25.2. The van der Waals surface area contributed by atoms with Gasteiger partial charge in [0.05, 0.1) is 0 Å². The van der Waals surface area contributed by atoms with Gasteiger partial charge in [0.2, 0.25) is 5.91 Å². The highest BCUT2D eigenvalue weighted by molar-refractivity contribution is 5.83. The summed E-state index contributed by atoms with van der Waals surface area (Å²) in [5.41, 5.74) is 6.87. The van der Waals surface area contributed by atoms with Crippen LogP contribution in [0.15, 0.2) is 30.3 Å². The second kappa shape index (κ2) is 5.31. The molecule has 3 N–H and O–H groups in total. The first kappa shape index (κ1) is 12.6. The fraction of sp³-hybridized carbons (Fsp3) is 0.533. The molecule has 4 nitrogen and oxygen atoms in total. The third-order valence-electron chi connectivity index (χ3n) is 4.07. The van der Waals surface area contributed by atoms with E-state index in [1.165, 1.54) is 12.8 Å². The Morgan fingerprint density at radius 2 is 2.00 bits per heavy atom. The van der Waals surface area contributed by atoms with Gasteiger partial charge in [-0.25, -0.2) is 0 Å². The molecule has 1 aromatic carbocycles. The van der Waals surface area contributed by atoms with Crippen LogP contribution in [0.5, 0.6) is 0 Å². The van der Waals surface area contributed by atoms with E-state index in [1.54, 1.807) is 0 Å². The number of hydrogen-bond acceptors (Lipinski definition) is 3. The van der Waals surface area contributed by atoms with Crippen LogP contribution in [0.25, 0.3) is 0 Å². The highest BCUT2D eigenvalue weighted by atomic mass is 16.2. The Hall–Kier alpha value is -1.39. The fourth-order valence-corrected chi connectivity index (χ4v) is 2.78. The van der Waals surface area contributed by atoms with Crippen molar-refractivity contribution >= 4 is 5.91 Å². The van der Waals surface area contributed by atoms with Gasteiger partial charge in [0, 0.05) is 25.2 Å². The van der Waals surface area contributed by atoms with Crippen LogP contribution in [0.3, 0.4) is 0 Å². The molecular formula is C15H21N3O. The summed E-state index contributed by atoms with van der Waals surface area (Å²) in [6.45, 7) is 2.09. The van der Waals surface area contributed by atoms with Crippen molar-refractivity contribution in [2.45, 2.75) is 37.4 Å². The van der Waals surface area contributed by atoms with Gasteiger partial charge in [-0.05, 0) is 24.8 Å². The molecule has 0 radical (unpaired) electrons. The Bertz CT molecular complexity index is 444. The molecule has 1 aromatic rings. The van der Waals surface area contributed by atoms with Gasteiger partial charge < -0.3 is 11.1 Å². The summed E-state index contributed by atoms with van der Waals surface area (Å²) in [4.78, 5) is 14.6. The third kappa shape index (κ3) is 2.96. The molecule has 102 valence electrons. The summed E-state index contributed by atoms with van der Waals surface area (Å²) in [6, 6.07) is 10.0. The van der Waals surface area contributed by atoms with Crippen LogP contribution >= 0.6 is 0 Å². The number of carbonyl (C=O) groups excluding carboxylic acids is 1. The first-order valence-corrected chi connectivity index (χ1v) is 7.09. The van der Waals surface area contributed by atoms with Crippen LogP contribution in [0.4, 0.5) is 0 Å². The predicted octanol–water partition coefficient (Wildman–Crippen LogP) is 1.04. The summed E-state index contributed by atoms with van der Waals surface area (Å²) in [5, 5.41) is 3.08. The second-order valence-corrected chi connectivity index (χ2v) is 5.61. The lowest BCUT2D eigenvalue weighted by Gasteiger charge is -2.18. The molecule has 0 aromatic heterocycles. The van der Waals surface area contributed by atoms with Crippen LogP contribution in [0.1, 0.15) is 30.9 Å². The Morgan fingerprint density at radius 1 is 1.26 bits per heavy atom. The molecule has 1 heterocycles. The lowest BCUT2D eigenvalue weighted by atomic mass is 10.1. The van der Waals surface area contributed by atoms with Gasteiger partial charge >= 0.3 is 0 Å². The van der Waals surface area contributed by atoms with Crippen LogP contribution in [0, 0.1) is 0 Å². The van der Waals surface area contributed by atoms with Gasteiger partial charge in [-0.3, -0.25) is 9.69 Å². The zero-order chi connectivity index (χ0) is 13.2. The number of nitrogens with zero attached hydrogens (tertiary/aromatic N) is 1. The average Bonchev–Trinajstić information content (AvgIpc) is 3.20. The van der Waals surface area contributed by atoms with Gasteiger partial charge in [0.1, 0.15) is 6.04 Å². The maximum atomic E-state index is 12.1. The molecule has 1 saturated carbocycles. The Labute approximate surface area is 114 Å². The first-order chi connectivity index (χ1) is 9.24. The Balaban J connectivity index is 1.53. The summed E-state index contributed by atoms with van der Waals surface area (Å²) >= 11 is 0. The molecule has 1 unspecified atom stereocenters. The molecule has 4 heteroatoms. The number of amides is 1. The van der Waals surface area contributed by atoms with Gasteiger partial charge in [-0.1, -0.05) is 30.3 Å². The Morgan fingerprint density at radius 3 is 2.68 bits per heavy atom. The van der Waals surface area contributed by atoms with Crippen molar-refractivity contribution in [1.29, 1.82) is 0 Å². The molecule has 1 aliphatic heterocycles. The molecule has 2 aliphatic rings. The SMILES string of the molecule is N[C@@H](C(=O)NC1CCN(C2CC2)C1)c1ccccc1. The van der Waals surface area contributed by atoms with Crippen LogP contribution in [0.2, 0.25) is 0 Å². The fourth-order valence-electron chi connectivity index (χ4n) is 2.78. The minimum absolute atomic E-state index is 0.0613. The Kier molecular flexibility index (Phi) is 3.53. The van der Waals surface area contributed by atoms with Crippen molar-refractivity contribution < 1.29 is 4.79 Å². The van der Waals surface area contributed by atoms with Gasteiger partial charge in [-0.15, -0.1) is 0 Å². The number of likely N-dealkylation sites (tertiary alicyclic amines) is 1. The van der Waals surface area contributed by atoms with Crippen LogP contribution in [-0.2, 0) is 4.79 Å². The largest absolute Gasteiger partial charge is 0.350 e. The number of rotatable bonds is 4. The van der Waals surface area contributed by atoms with Gasteiger partial charge in [0.25, 0.3) is 0 Å². The summed E-state index contributed by atoms with van der Waals surface area (Å²) in [7, 11) is 0. The van der Waals surface area contributed by atoms with E-state index >= 15 is 0 Å². The molecule has 2 fully saturated rings. The highest BCUT2D eigenvalue weighted by Crippen LogP contribution is 2.29. The van der Waals surface area contributed by atoms with Crippen molar-refractivity contribution in [2.75, 3.05) is 13.1 Å². The third-order valence-corrected chi connectivity index (χ3v) is 4.07. The molecule has 1 aliphatic carbocycles. The maximum Gasteiger partial charge on any atom is 0.241 e. The number of hydrogen-bond donors (Lipinski definition) is 2. The van der Waals surface area contributed by atoms with Gasteiger partial charge in [-0.2, -0.15) is 0 Å². The topological polar surface area (TPSA) is 58.4 Å². The summed E-state index contributed by atoms with van der Waals surface area (Å²) < 4.78 is 0. The molecule has 0 spiro atoms. The molecule has 3 rings (SSSR count). The minimum atomic E-state index is -0.559. The van der Waals surface area contributed by atoms with Crippen molar-refractivity contribution in [3.63, 3.8) is 0 Å². The average molecular weight is 259 g/mol. The van der Waals surface area contributed by atoms with Crippen molar-refractivity contribution in [1.82, 2.24) is 10.2 Å². The second-order valence-electron chi connectivity index (χ2n) is 5.61. The lowest BCUT2D eigenvalue weighted by Crippen LogP contribution is -2.42. The van der Waals surface area contributed by atoms with E-state index in [1.807, 2.05) is 30.3 Å². The molecular weight excluding hydrogens is 238 g/mol. The van der Waals surface area contributed by atoms with E-state index in [4.69, 9.17) is 5.73 Å². The van der Waals surface area contributed by atoms with Crippen LogP contribution in [-0.4, -0.2) is 36.0 Å². The summed E-state index contributed by atoms with van der Waals surface area (Å²) in [6.07, 6.45) is 3.69. The molecule has 1 saturated heterocycles. The zero-order valence-electron chi connectivity index (χ0n) is 11.1. The number of nitrogens with two attached hydrogens (primary N) is 1. The zero-order valence-corrected chi connectivity index (χ0v) is 11.1. The smallest absolute Gasteiger partial charge is 0.241 e. The number of nitrogens with one attached hydrogen (secondary N) is 1. The van der Waals surface area contributed by atoms with E-state index in [9.17, 15) is 4.79 Å². The molecule has 19 heavy (non-hydrogen) atoms. The highest BCUT2D eigenvalue weighted by Gasteiger charge is 2.35. The standard InChI is InChI=1S/C15H21N3O/c16-14(11-4-2-1-3-5-11)15(19)17-12-8-9-18(10-12)13-6-7-13/h1-5,12-14H,6-10,16H2,(H,17,19)/t12?,14-/m1/s1. The van der Waals surface area contributed by atoms with E-state index in [2.05, 4.69) is 10.2 Å². The molecule has 2 atom stereocenters. The lowest BCUT2D eigenvalue weighted by molar-refractivity contribution is -0.123. The van der Waals surface area contributed by atoms with Gasteiger partial charge in [0.15, 0.2) is 0 Å². The van der Waals surface area contributed by atoms with E-state index in [0.717, 1.165) is 31.1 Å². The number of carbonyl (C=O) groups is 1. The van der Waals surface area contributed by atoms with Crippen molar-refractivity contribution in [3.05, 3.63) is 35.9 Å². The maximum absolute atomic E-state index is 12.1. The number of benzene rings is 1. The predicted molar refractivity (Wildman–Crippen MR) is 74.5 cm³/mol. The summed E-state index contributed by atoms with van der Waals surface area (Å²) in [5.74, 6) is -0.0613. The van der Waals surface area contributed by atoms with Crippen LogP contribution < -0.4 is 11.1 Å². The first-order valence-electron chi connectivity index (χ1n) is 7.09. The minimum Gasteiger partial charge on any atom is -0.350 e. The van der Waals surface area contributed by atoms with Crippen molar-refractivity contribution in [2.24, 2.45) is 5.73 Å². The van der Waals surface area contributed by atoms with E-state index in [-0.39, 0.29) is 11.9 Å².